The molecule has 0 bridgehead atoms. The Labute approximate surface area is 90.4 Å². The smallest absolute Gasteiger partial charge is 0.0991 e. The van der Waals surface area contributed by atoms with E-state index in [-0.39, 0.29) is 12.5 Å². The van der Waals surface area contributed by atoms with Crippen LogP contribution in [-0.4, -0.2) is 25.3 Å². The quantitative estimate of drug-likeness (QED) is 0.758. The van der Waals surface area contributed by atoms with Crippen LogP contribution in [0.3, 0.4) is 0 Å². The van der Waals surface area contributed by atoms with Gasteiger partial charge < -0.3 is 10.4 Å². The number of aliphatic hydroxyl groups is 1. The summed E-state index contributed by atoms with van der Waals surface area (Å²) in [7, 11) is 1.89. The topological polar surface area (TPSA) is 56.0 Å². The molecule has 0 aliphatic carbocycles. The van der Waals surface area contributed by atoms with E-state index in [0.29, 0.717) is 5.56 Å². The van der Waals surface area contributed by atoms with Gasteiger partial charge in [-0.25, -0.2) is 0 Å². The average Bonchev–Trinajstić information content (AvgIpc) is 2.29. The molecule has 1 rings (SSSR count). The SMILES string of the molecule is CNCC(CCO)c1cccc(C#N)c1. The number of hydrogen-bond acceptors (Lipinski definition) is 3. The second-order valence-corrected chi connectivity index (χ2v) is 3.50. The molecule has 1 atom stereocenters. The number of hydrogen-bond donors (Lipinski definition) is 2. The van der Waals surface area contributed by atoms with Crippen molar-refractivity contribution in [3.05, 3.63) is 35.4 Å². The Bertz CT molecular complexity index is 338. The van der Waals surface area contributed by atoms with Crippen molar-refractivity contribution in [2.45, 2.75) is 12.3 Å². The fourth-order valence-corrected chi connectivity index (χ4v) is 1.65. The standard InChI is InChI=1S/C12H16N2O/c1-14-9-12(5-6-15)11-4-2-3-10(7-11)8-13/h2-4,7,12,14-15H,5-6,9H2,1H3. The normalized spacial score (nSPS) is 12.1. The second-order valence-electron chi connectivity index (χ2n) is 3.50. The summed E-state index contributed by atoms with van der Waals surface area (Å²) in [6.45, 7) is 0.985. The molecule has 80 valence electrons. The van der Waals surface area contributed by atoms with E-state index in [4.69, 9.17) is 10.4 Å². The molecule has 0 saturated carbocycles. The lowest BCUT2D eigenvalue weighted by atomic mass is 9.95. The molecule has 0 aromatic heterocycles. The van der Waals surface area contributed by atoms with Gasteiger partial charge in [0.2, 0.25) is 0 Å². The highest BCUT2D eigenvalue weighted by molar-refractivity contribution is 5.34. The molecule has 0 aliphatic rings. The molecule has 0 saturated heterocycles. The molecule has 2 N–H and O–H groups in total. The maximum Gasteiger partial charge on any atom is 0.0991 e. The third-order valence-corrected chi connectivity index (χ3v) is 2.42. The van der Waals surface area contributed by atoms with Crippen molar-refractivity contribution < 1.29 is 5.11 Å². The van der Waals surface area contributed by atoms with Crippen molar-refractivity contribution >= 4 is 0 Å². The second kappa shape index (κ2) is 6.18. The zero-order chi connectivity index (χ0) is 11.1. The van der Waals surface area contributed by atoms with Crippen molar-refractivity contribution in [2.75, 3.05) is 20.2 Å². The highest BCUT2D eigenvalue weighted by atomic mass is 16.3. The van der Waals surface area contributed by atoms with Crippen LogP contribution in [0.5, 0.6) is 0 Å². The number of nitriles is 1. The number of rotatable bonds is 5. The van der Waals surface area contributed by atoms with E-state index in [1.54, 1.807) is 6.07 Å². The fourth-order valence-electron chi connectivity index (χ4n) is 1.65. The van der Waals surface area contributed by atoms with Crippen LogP contribution in [0.25, 0.3) is 0 Å². The molecule has 0 aliphatic heterocycles. The molecular weight excluding hydrogens is 188 g/mol. The van der Waals surface area contributed by atoms with E-state index in [9.17, 15) is 0 Å². The lowest BCUT2D eigenvalue weighted by Gasteiger charge is -2.15. The minimum absolute atomic E-state index is 0.170. The highest BCUT2D eigenvalue weighted by Gasteiger charge is 2.10. The highest BCUT2D eigenvalue weighted by Crippen LogP contribution is 2.19. The van der Waals surface area contributed by atoms with Crippen LogP contribution in [0.2, 0.25) is 0 Å². The van der Waals surface area contributed by atoms with E-state index in [1.807, 2.05) is 25.2 Å². The molecule has 0 spiro atoms. The van der Waals surface area contributed by atoms with Crippen LogP contribution in [-0.2, 0) is 0 Å². The number of nitrogens with zero attached hydrogens (tertiary/aromatic N) is 1. The number of likely N-dealkylation sites (N-methyl/N-ethyl adjacent to an activating group) is 1. The zero-order valence-electron chi connectivity index (χ0n) is 8.90. The Kier molecular flexibility index (Phi) is 4.82. The number of nitrogens with one attached hydrogen (secondary N) is 1. The van der Waals surface area contributed by atoms with E-state index in [1.165, 1.54) is 0 Å². The molecule has 15 heavy (non-hydrogen) atoms. The molecule has 0 radical (unpaired) electrons. The van der Waals surface area contributed by atoms with Gasteiger partial charge in [-0.05, 0) is 37.1 Å². The van der Waals surface area contributed by atoms with Gasteiger partial charge in [0.15, 0.2) is 0 Å². The van der Waals surface area contributed by atoms with Gasteiger partial charge in [0.1, 0.15) is 0 Å². The molecule has 1 aromatic rings. The van der Waals surface area contributed by atoms with Crippen LogP contribution >= 0.6 is 0 Å². The molecule has 0 fully saturated rings. The predicted molar refractivity (Wildman–Crippen MR) is 59.5 cm³/mol. The predicted octanol–water partition coefficient (Wildman–Crippen LogP) is 1.24. The van der Waals surface area contributed by atoms with Crippen LogP contribution in [0, 0.1) is 11.3 Å². The summed E-state index contributed by atoms with van der Waals surface area (Å²) in [5.74, 6) is 0.272. The molecular formula is C12H16N2O. The van der Waals surface area contributed by atoms with Crippen LogP contribution in [0.1, 0.15) is 23.5 Å². The van der Waals surface area contributed by atoms with Gasteiger partial charge in [0, 0.05) is 13.2 Å². The molecule has 3 heteroatoms. The molecule has 3 nitrogen and oxygen atoms in total. The zero-order valence-corrected chi connectivity index (χ0v) is 8.90. The Hall–Kier alpha value is -1.37. The summed E-state index contributed by atoms with van der Waals surface area (Å²) in [6, 6.07) is 9.68. The summed E-state index contributed by atoms with van der Waals surface area (Å²) in [6.07, 6.45) is 0.718. The van der Waals surface area contributed by atoms with Crippen molar-refractivity contribution in [1.82, 2.24) is 5.32 Å². The first-order chi connectivity index (χ1) is 7.31. The van der Waals surface area contributed by atoms with Gasteiger partial charge in [-0.1, -0.05) is 12.1 Å². The van der Waals surface area contributed by atoms with Crippen LogP contribution in [0.15, 0.2) is 24.3 Å². The van der Waals surface area contributed by atoms with E-state index in [2.05, 4.69) is 11.4 Å². The summed E-state index contributed by atoms with van der Waals surface area (Å²) in [5, 5.41) is 20.8. The molecule has 0 heterocycles. The Morgan fingerprint density at radius 2 is 2.33 bits per heavy atom. The minimum atomic E-state index is 0.170. The summed E-state index contributed by atoms with van der Waals surface area (Å²) >= 11 is 0. The first-order valence-corrected chi connectivity index (χ1v) is 5.07. The monoisotopic (exact) mass is 204 g/mol. The Balaban J connectivity index is 2.85. The maximum absolute atomic E-state index is 8.96. The summed E-state index contributed by atoms with van der Waals surface area (Å²) < 4.78 is 0. The Morgan fingerprint density at radius 1 is 1.53 bits per heavy atom. The summed E-state index contributed by atoms with van der Waals surface area (Å²) in [4.78, 5) is 0. The molecule has 1 aromatic carbocycles. The van der Waals surface area contributed by atoms with Gasteiger partial charge in [-0.2, -0.15) is 5.26 Å². The van der Waals surface area contributed by atoms with Gasteiger partial charge in [0.05, 0.1) is 11.6 Å². The minimum Gasteiger partial charge on any atom is -0.396 e. The van der Waals surface area contributed by atoms with Gasteiger partial charge in [0.25, 0.3) is 0 Å². The third-order valence-electron chi connectivity index (χ3n) is 2.42. The van der Waals surface area contributed by atoms with Crippen molar-refractivity contribution in [1.29, 1.82) is 5.26 Å². The van der Waals surface area contributed by atoms with Crippen molar-refractivity contribution in [3.63, 3.8) is 0 Å². The molecule has 0 amide bonds. The van der Waals surface area contributed by atoms with E-state index >= 15 is 0 Å². The Morgan fingerprint density at radius 3 is 2.93 bits per heavy atom. The average molecular weight is 204 g/mol. The number of benzene rings is 1. The van der Waals surface area contributed by atoms with Crippen LogP contribution in [0.4, 0.5) is 0 Å². The van der Waals surface area contributed by atoms with Gasteiger partial charge in [-0.3, -0.25) is 0 Å². The van der Waals surface area contributed by atoms with Crippen LogP contribution < -0.4 is 5.32 Å². The third kappa shape index (κ3) is 3.35. The van der Waals surface area contributed by atoms with Crippen molar-refractivity contribution in [3.8, 4) is 6.07 Å². The first kappa shape index (κ1) is 11.7. The molecule has 1 unspecified atom stereocenters. The van der Waals surface area contributed by atoms with E-state index < -0.39 is 0 Å². The summed E-state index contributed by atoms with van der Waals surface area (Å²) in [5.41, 5.74) is 1.78. The first-order valence-electron chi connectivity index (χ1n) is 5.07. The van der Waals surface area contributed by atoms with E-state index in [0.717, 1.165) is 18.5 Å². The number of aliphatic hydroxyl groups excluding tert-OH is 1. The van der Waals surface area contributed by atoms with Crippen molar-refractivity contribution in [2.24, 2.45) is 0 Å². The largest absolute Gasteiger partial charge is 0.396 e. The lowest BCUT2D eigenvalue weighted by Crippen LogP contribution is -2.18. The fraction of sp³-hybridized carbons (Fsp3) is 0.417. The van der Waals surface area contributed by atoms with Gasteiger partial charge in [-0.15, -0.1) is 0 Å². The lowest BCUT2D eigenvalue weighted by molar-refractivity contribution is 0.274. The van der Waals surface area contributed by atoms with Gasteiger partial charge >= 0.3 is 0 Å². The maximum atomic E-state index is 8.96.